The van der Waals surface area contributed by atoms with E-state index >= 15 is 0 Å². The molecule has 8 nitrogen and oxygen atoms in total. The number of aromatic nitrogens is 1. The average molecular weight is 426 g/mol. The van der Waals surface area contributed by atoms with Gasteiger partial charge in [0.2, 0.25) is 11.8 Å². The quantitative estimate of drug-likeness (QED) is 0.644. The Morgan fingerprint density at radius 1 is 1.33 bits per heavy atom. The highest BCUT2D eigenvalue weighted by Crippen LogP contribution is 2.23. The summed E-state index contributed by atoms with van der Waals surface area (Å²) < 4.78 is 30.1. The molecule has 2 amide bonds. The molecule has 1 unspecified atom stereocenters. The first-order valence-corrected chi connectivity index (χ1v) is 10.1. The van der Waals surface area contributed by atoms with Crippen molar-refractivity contribution in [2.24, 2.45) is 0 Å². The molecule has 168 valence electrons. The zero-order chi connectivity index (χ0) is 22.3. The van der Waals surface area contributed by atoms with Crippen LogP contribution in [0.15, 0.2) is 6.07 Å². The lowest BCUT2D eigenvalue weighted by molar-refractivity contribution is -0.125. The summed E-state index contributed by atoms with van der Waals surface area (Å²) in [5.41, 5.74) is 0.0916. The number of carbonyl (C=O) groups is 2. The zero-order valence-electron chi connectivity index (χ0n) is 18.4. The molecule has 30 heavy (non-hydrogen) atoms. The van der Waals surface area contributed by atoms with Crippen molar-refractivity contribution >= 4 is 12.0 Å². The Labute approximate surface area is 177 Å². The van der Waals surface area contributed by atoms with Gasteiger partial charge in [-0.2, -0.15) is 0 Å². The SMILES string of the molecule is COCCCc1nc(OC)c(CNC(=O)C2CCCN2C(=O)OC(C)(C)C)cc1F. The molecule has 1 atom stereocenters. The van der Waals surface area contributed by atoms with Crippen molar-refractivity contribution in [1.29, 1.82) is 0 Å². The van der Waals surface area contributed by atoms with E-state index < -0.39 is 23.6 Å². The van der Waals surface area contributed by atoms with Crippen LogP contribution in [0.2, 0.25) is 0 Å². The van der Waals surface area contributed by atoms with Gasteiger partial charge in [-0.05, 0) is 52.5 Å². The average Bonchev–Trinajstić information content (AvgIpc) is 3.16. The number of rotatable bonds is 8. The molecule has 0 aliphatic carbocycles. The van der Waals surface area contributed by atoms with Gasteiger partial charge in [0.05, 0.1) is 12.8 Å². The topological polar surface area (TPSA) is 90.0 Å². The first kappa shape index (κ1) is 23.9. The summed E-state index contributed by atoms with van der Waals surface area (Å²) in [6.07, 6.45) is 1.82. The van der Waals surface area contributed by atoms with Crippen LogP contribution in [0.4, 0.5) is 9.18 Å². The van der Waals surface area contributed by atoms with Crippen LogP contribution in [-0.4, -0.2) is 60.9 Å². The van der Waals surface area contributed by atoms with Gasteiger partial charge in [0.15, 0.2) is 0 Å². The fraction of sp³-hybridized carbons (Fsp3) is 0.667. The standard InChI is InChI=1S/C21H32FN3O5/c1-21(2,3)30-20(27)25-10-6-9-17(25)18(26)23-13-14-12-15(22)16(8-7-11-28-4)24-19(14)29-5/h12,17H,6-11,13H2,1-5H3,(H,23,26). The number of halogens is 1. The summed E-state index contributed by atoms with van der Waals surface area (Å²) in [7, 11) is 3.04. The van der Waals surface area contributed by atoms with Gasteiger partial charge in [0, 0.05) is 32.4 Å². The highest BCUT2D eigenvalue weighted by Gasteiger charge is 2.36. The maximum atomic E-state index is 14.4. The zero-order valence-corrected chi connectivity index (χ0v) is 18.4. The predicted molar refractivity (Wildman–Crippen MR) is 109 cm³/mol. The largest absolute Gasteiger partial charge is 0.481 e. The highest BCUT2D eigenvalue weighted by molar-refractivity contribution is 5.86. The molecule has 0 radical (unpaired) electrons. The van der Waals surface area contributed by atoms with Crippen molar-refractivity contribution in [3.05, 3.63) is 23.1 Å². The minimum Gasteiger partial charge on any atom is -0.481 e. The first-order valence-electron chi connectivity index (χ1n) is 10.1. The van der Waals surface area contributed by atoms with Crippen molar-refractivity contribution < 1.29 is 28.2 Å². The lowest BCUT2D eigenvalue weighted by atomic mass is 10.1. The number of ether oxygens (including phenoxy) is 3. The minimum atomic E-state index is -0.637. The summed E-state index contributed by atoms with van der Waals surface area (Å²) in [6, 6.07) is 0.714. The summed E-state index contributed by atoms with van der Waals surface area (Å²) >= 11 is 0. The lowest BCUT2D eigenvalue weighted by Gasteiger charge is -2.28. The Morgan fingerprint density at radius 2 is 2.07 bits per heavy atom. The molecule has 1 N–H and O–H groups in total. The van der Waals surface area contributed by atoms with Crippen LogP contribution < -0.4 is 10.1 Å². The first-order chi connectivity index (χ1) is 14.2. The number of methoxy groups -OCH3 is 2. The summed E-state index contributed by atoms with van der Waals surface area (Å²) in [5.74, 6) is -0.503. The number of nitrogens with one attached hydrogen (secondary N) is 1. The molecule has 1 aromatic rings. The van der Waals surface area contributed by atoms with E-state index in [1.54, 1.807) is 27.9 Å². The van der Waals surface area contributed by atoms with Crippen LogP contribution in [0.3, 0.4) is 0 Å². The minimum absolute atomic E-state index is 0.0446. The van der Waals surface area contributed by atoms with E-state index in [0.29, 0.717) is 50.1 Å². The molecule has 0 saturated carbocycles. The van der Waals surface area contributed by atoms with Gasteiger partial charge in [-0.15, -0.1) is 0 Å². The third kappa shape index (κ3) is 6.55. The summed E-state index contributed by atoms with van der Waals surface area (Å²) in [6.45, 7) is 6.36. The Morgan fingerprint density at radius 3 is 2.70 bits per heavy atom. The number of likely N-dealkylation sites (tertiary alicyclic amines) is 1. The van der Waals surface area contributed by atoms with Crippen LogP contribution in [0.1, 0.15) is 51.3 Å². The van der Waals surface area contributed by atoms with Crippen LogP contribution in [-0.2, 0) is 27.2 Å². The van der Waals surface area contributed by atoms with Gasteiger partial charge in [0.25, 0.3) is 0 Å². The highest BCUT2D eigenvalue weighted by atomic mass is 19.1. The number of nitrogens with zero attached hydrogens (tertiary/aromatic N) is 2. The second-order valence-electron chi connectivity index (χ2n) is 8.23. The van der Waals surface area contributed by atoms with Gasteiger partial charge in [-0.25, -0.2) is 14.2 Å². The Balaban J connectivity index is 2.02. The van der Waals surface area contributed by atoms with Gasteiger partial charge in [0.1, 0.15) is 17.5 Å². The van der Waals surface area contributed by atoms with Crippen LogP contribution in [0.25, 0.3) is 0 Å². The monoisotopic (exact) mass is 425 g/mol. The number of pyridine rings is 1. The molecule has 1 aliphatic heterocycles. The number of hydrogen-bond donors (Lipinski definition) is 1. The van der Waals surface area contributed by atoms with E-state index in [-0.39, 0.29) is 18.3 Å². The summed E-state index contributed by atoms with van der Waals surface area (Å²) in [4.78, 5) is 30.7. The fourth-order valence-electron chi connectivity index (χ4n) is 3.29. The molecular weight excluding hydrogens is 393 g/mol. The maximum absolute atomic E-state index is 14.4. The number of amides is 2. The summed E-state index contributed by atoms with van der Waals surface area (Å²) in [5, 5.41) is 2.77. The molecule has 9 heteroatoms. The Bertz CT molecular complexity index is 751. The molecule has 2 rings (SSSR count). The van der Waals surface area contributed by atoms with Gasteiger partial charge in [-0.1, -0.05) is 0 Å². The molecule has 1 fully saturated rings. The van der Waals surface area contributed by atoms with Crippen LogP contribution in [0.5, 0.6) is 5.88 Å². The van der Waals surface area contributed by atoms with E-state index in [4.69, 9.17) is 14.2 Å². The fourth-order valence-corrected chi connectivity index (χ4v) is 3.29. The molecule has 1 aromatic heterocycles. The third-order valence-corrected chi connectivity index (χ3v) is 4.68. The molecule has 1 aliphatic rings. The second kappa shape index (κ2) is 10.6. The number of aryl methyl sites for hydroxylation is 1. The van der Waals surface area contributed by atoms with Crippen molar-refractivity contribution in [1.82, 2.24) is 15.2 Å². The lowest BCUT2D eigenvalue weighted by Crippen LogP contribution is -2.47. The molecule has 0 bridgehead atoms. The molecule has 2 heterocycles. The Kier molecular flexibility index (Phi) is 8.40. The van der Waals surface area contributed by atoms with E-state index in [9.17, 15) is 14.0 Å². The van der Waals surface area contributed by atoms with E-state index in [0.717, 1.165) is 0 Å². The van der Waals surface area contributed by atoms with Crippen molar-refractivity contribution in [3.63, 3.8) is 0 Å². The van der Waals surface area contributed by atoms with E-state index in [2.05, 4.69) is 10.3 Å². The van der Waals surface area contributed by atoms with Crippen molar-refractivity contribution in [3.8, 4) is 5.88 Å². The predicted octanol–water partition coefficient (Wildman–Crippen LogP) is 2.82. The number of hydrogen-bond acceptors (Lipinski definition) is 6. The van der Waals surface area contributed by atoms with Crippen molar-refractivity contribution in [2.45, 2.75) is 64.6 Å². The molecule has 0 aromatic carbocycles. The van der Waals surface area contributed by atoms with Crippen molar-refractivity contribution in [2.75, 3.05) is 27.4 Å². The van der Waals surface area contributed by atoms with E-state index in [1.165, 1.54) is 18.1 Å². The second-order valence-corrected chi connectivity index (χ2v) is 8.23. The van der Waals surface area contributed by atoms with Gasteiger partial charge in [-0.3, -0.25) is 9.69 Å². The molecule has 1 saturated heterocycles. The normalized spacial score (nSPS) is 16.5. The van der Waals surface area contributed by atoms with Crippen LogP contribution >= 0.6 is 0 Å². The molecular formula is C21H32FN3O5. The number of carbonyl (C=O) groups excluding carboxylic acids is 2. The maximum Gasteiger partial charge on any atom is 0.410 e. The Hall–Kier alpha value is -2.42. The van der Waals surface area contributed by atoms with E-state index in [1.807, 2.05) is 0 Å². The van der Waals surface area contributed by atoms with Crippen LogP contribution in [0, 0.1) is 5.82 Å². The molecule has 0 spiro atoms. The third-order valence-electron chi connectivity index (χ3n) is 4.68. The smallest absolute Gasteiger partial charge is 0.410 e. The van der Waals surface area contributed by atoms with Gasteiger partial charge >= 0.3 is 6.09 Å². The van der Waals surface area contributed by atoms with Gasteiger partial charge < -0.3 is 19.5 Å².